The lowest BCUT2D eigenvalue weighted by atomic mass is 9.90. The van der Waals surface area contributed by atoms with E-state index < -0.39 is 23.7 Å². The summed E-state index contributed by atoms with van der Waals surface area (Å²) in [5, 5.41) is 3.50. The molecule has 1 aromatic heterocycles. The Bertz CT molecular complexity index is 1070. The third kappa shape index (κ3) is 5.65. The Labute approximate surface area is 192 Å². The van der Waals surface area contributed by atoms with Gasteiger partial charge in [-0.25, -0.2) is 14.4 Å². The molecule has 0 unspecified atom stereocenters. The molecule has 0 saturated heterocycles. The molecule has 7 nitrogen and oxygen atoms in total. The molecule has 0 bridgehead atoms. The first-order chi connectivity index (χ1) is 15.1. The van der Waals surface area contributed by atoms with Gasteiger partial charge in [0.2, 0.25) is 0 Å². The van der Waals surface area contributed by atoms with Crippen molar-refractivity contribution < 1.29 is 23.5 Å². The minimum Gasteiger partial charge on any atom is -0.444 e. The fourth-order valence-electron chi connectivity index (χ4n) is 3.85. The summed E-state index contributed by atoms with van der Waals surface area (Å²) >= 11 is 1.56. The number of ether oxygens (including phenoxy) is 2. The van der Waals surface area contributed by atoms with Crippen molar-refractivity contribution in [3.05, 3.63) is 39.2 Å². The standard InChI is InChI=1S/C24H31NO6S/c1-14-19(11-10-16-15-8-6-7-9-17(15)21(26)30-20(14)16)29-22(27)18(12-13-32-5)25-23(28)31-24(2,3)4/h10-11,18H,6-9,12-13H2,1-5H3,(H,25,28)/t18-/m0/s1. The number of benzene rings is 1. The summed E-state index contributed by atoms with van der Waals surface area (Å²) in [6, 6.07) is 2.71. The number of rotatable bonds is 6. The highest BCUT2D eigenvalue weighted by molar-refractivity contribution is 7.98. The Hall–Kier alpha value is -2.48. The first-order valence-electron chi connectivity index (χ1n) is 10.9. The van der Waals surface area contributed by atoms with Crippen molar-refractivity contribution in [1.29, 1.82) is 0 Å². The molecule has 3 rings (SSSR count). The van der Waals surface area contributed by atoms with E-state index in [9.17, 15) is 14.4 Å². The van der Waals surface area contributed by atoms with E-state index in [1.165, 1.54) is 0 Å². The second-order valence-electron chi connectivity index (χ2n) is 9.02. The normalized spacial score (nSPS) is 14.5. The number of esters is 1. The first-order valence-corrected chi connectivity index (χ1v) is 12.3. The average molecular weight is 462 g/mol. The van der Waals surface area contributed by atoms with Crippen LogP contribution in [0.2, 0.25) is 0 Å². The van der Waals surface area contributed by atoms with Gasteiger partial charge in [0.25, 0.3) is 0 Å². The van der Waals surface area contributed by atoms with Gasteiger partial charge >= 0.3 is 17.7 Å². The molecule has 0 radical (unpaired) electrons. The highest BCUT2D eigenvalue weighted by Gasteiger charge is 2.27. The highest BCUT2D eigenvalue weighted by Crippen LogP contribution is 2.32. The van der Waals surface area contributed by atoms with Gasteiger partial charge in [0.05, 0.1) is 0 Å². The third-order valence-electron chi connectivity index (χ3n) is 5.39. The molecule has 1 aromatic carbocycles. The smallest absolute Gasteiger partial charge is 0.408 e. The molecule has 174 valence electrons. The minimum absolute atomic E-state index is 0.307. The van der Waals surface area contributed by atoms with Crippen molar-refractivity contribution in [2.24, 2.45) is 0 Å². The molecular weight excluding hydrogens is 430 g/mol. The SMILES string of the molecule is CSCC[C@H](NC(=O)OC(C)(C)C)C(=O)Oc1ccc2c3c(c(=O)oc2c1C)CCCC3. The Morgan fingerprint density at radius 3 is 2.53 bits per heavy atom. The molecule has 0 saturated carbocycles. The maximum Gasteiger partial charge on any atom is 0.408 e. The van der Waals surface area contributed by atoms with Crippen molar-refractivity contribution in [2.75, 3.05) is 12.0 Å². The van der Waals surface area contributed by atoms with Gasteiger partial charge < -0.3 is 19.2 Å². The van der Waals surface area contributed by atoms with E-state index in [2.05, 4.69) is 5.32 Å². The van der Waals surface area contributed by atoms with Crippen molar-refractivity contribution in [3.8, 4) is 5.75 Å². The van der Waals surface area contributed by atoms with Crippen molar-refractivity contribution in [3.63, 3.8) is 0 Å². The van der Waals surface area contributed by atoms with Gasteiger partial charge in [0.1, 0.15) is 23.0 Å². The van der Waals surface area contributed by atoms with E-state index in [1.54, 1.807) is 45.5 Å². The number of amides is 1. The first kappa shape index (κ1) is 24.2. The summed E-state index contributed by atoms with van der Waals surface area (Å²) in [6.07, 6.45) is 5.24. The zero-order valence-corrected chi connectivity index (χ0v) is 20.1. The predicted molar refractivity (Wildman–Crippen MR) is 126 cm³/mol. The molecular formula is C24H31NO6S. The monoisotopic (exact) mass is 461 g/mol. The van der Waals surface area contributed by atoms with Crippen molar-refractivity contribution >= 4 is 34.8 Å². The van der Waals surface area contributed by atoms with Crippen LogP contribution >= 0.6 is 11.8 Å². The average Bonchev–Trinajstić information content (AvgIpc) is 2.72. The summed E-state index contributed by atoms with van der Waals surface area (Å²) in [5.41, 5.74) is 1.83. The summed E-state index contributed by atoms with van der Waals surface area (Å²) in [7, 11) is 0. The highest BCUT2D eigenvalue weighted by atomic mass is 32.2. The molecule has 8 heteroatoms. The Morgan fingerprint density at radius 2 is 1.88 bits per heavy atom. The van der Waals surface area contributed by atoms with Crippen LogP contribution in [0.3, 0.4) is 0 Å². The molecule has 2 aromatic rings. The second-order valence-corrected chi connectivity index (χ2v) is 10.0. The maximum atomic E-state index is 12.9. The topological polar surface area (TPSA) is 94.8 Å². The van der Waals surface area contributed by atoms with Gasteiger partial charge in [-0.2, -0.15) is 11.8 Å². The van der Waals surface area contributed by atoms with Crippen LogP contribution in [0.1, 0.15) is 56.7 Å². The van der Waals surface area contributed by atoms with E-state index in [0.717, 1.165) is 42.2 Å². The number of carbonyl (C=O) groups is 2. The second kappa shape index (κ2) is 9.98. The van der Waals surface area contributed by atoms with E-state index in [0.29, 0.717) is 29.1 Å². The number of alkyl carbamates (subject to hydrolysis) is 1. The van der Waals surface area contributed by atoms with Crippen LogP contribution in [0.25, 0.3) is 11.0 Å². The number of aryl methyl sites for hydroxylation is 2. The van der Waals surface area contributed by atoms with Crippen LogP contribution in [-0.4, -0.2) is 35.7 Å². The lowest BCUT2D eigenvalue weighted by Gasteiger charge is -2.23. The van der Waals surface area contributed by atoms with Gasteiger partial charge in [-0.15, -0.1) is 0 Å². The van der Waals surface area contributed by atoms with E-state index >= 15 is 0 Å². The Morgan fingerprint density at radius 1 is 1.19 bits per heavy atom. The zero-order valence-electron chi connectivity index (χ0n) is 19.3. The number of thioether (sulfide) groups is 1. The summed E-state index contributed by atoms with van der Waals surface area (Å²) in [5.74, 6) is 0.377. The van der Waals surface area contributed by atoms with E-state index in [1.807, 2.05) is 12.3 Å². The fourth-order valence-corrected chi connectivity index (χ4v) is 4.32. The van der Waals surface area contributed by atoms with Crippen LogP contribution in [0.4, 0.5) is 4.79 Å². The molecule has 0 aliphatic heterocycles. The van der Waals surface area contributed by atoms with Crippen molar-refractivity contribution in [1.82, 2.24) is 5.32 Å². The summed E-state index contributed by atoms with van der Waals surface area (Å²) in [6.45, 7) is 7.04. The Kier molecular flexibility index (Phi) is 7.54. The molecule has 1 amide bonds. The van der Waals surface area contributed by atoms with Crippen LogP contribution in [0.15, 0.2) is 21.3 Å². The van der Waals surface area contributed by atoms with E-state index in [4.69, 9.17) is 13.9 Å². The number of fused-ring (bicyclic) bond motifs is 3. The molecule has 1 aliphatic rings. The molecule has 1 atom stereocenters. The quantitative estimate of drug-likeness (QED) is 0.384. The predicted octanol–water partition coefficient (Wildman–Crippen LogP) is 4.53. The van der Waals surface area contributed by atoms with Crippen LogP contribution in [0.5, 0.6) is 5.75 Å². The Balaban J connectivity index is 1.85. The van der Waals surface area contributed by atoms with Gasteiger partial charge in [-0.05, 0) is 89.5 Å². The number of carbonyl (C=O) groups excluding carboxylic acids is 2. The third-order valence-corrected chi connectivity index (χ3v) is 6.03. The summed E-state index contributed by atoms with van der Waals surface area (Å²) in [4.78, 5) is 37.6. The van der Waals surface area contributed by atoms with E-state index in [-0.39, 0.29) is 5.63 Å². The zero-order chi connectivity index (χ0) is 23.5. The minimum atomic E-state index is -0.858. The van der Waals surface area contributed by atoms with Gasteiger partial charge in [-0.3, -0.25) is 0 Å². The molecule has 1 N–H and O–H groups in total. The molecule has 1 aliphatic carbocycles. The van der Waals surface area contributed by atoms with Crippen LogP contribution in [0, 0.1) is 6.92 Å². The molecule has 0 fully saturated rings. The fraction of sp³-hybridized carbons (Fsp3) is 0.542. The van der Waals surface area contributed by atoms with Gasteiger partial charge in [0.15, 0.2) is 0 Å². The van der Waals surface area contributed by atoms with Crippen molar-refractivity contribution in [2.45, 2.75) is 71.4 Å². The molecule has 0 spiro atoms. The van der Waals surface area contributed by atoms with Gasteiger partial charge in [-0.1, -0.05) is 0 Å². The number of hydrogen-bond donors (Lipinski definition) is 1. The summed E-state index contributed by atoms with van der Waals surface area (Å²) < 4.78 is 16.5. The van der Waals surface area contributed by atoms with Gasteiger partial charge in [0, 0.05) is 16.5 Å². The van der Waals surface area contributed by atoms with Crippen LogP contribution in [-0.2, 0) is 22.4 Å². The molecule has 1 heterocycles. The lowest BCUT2D eigenvalue weighted by Crippen LogP contribution is -2.45. The number of nitrogens with one attached hydrogen (secondary N) is 1. The maximum absolute atomic E-state index is 12.9. The molecule has 32 heavy (non-hydrogen) atoms. The van der Waals surface area contributed by atoms with Crippen LogP contribution < -0.4 is 15.7 Å². The largest absolute Gasteiger partial charge is 0.444 e. The number of hydrogen-bond acceptors (Lipinski definition) is 7. The lowest BCUT2D eigenvalue weighted by molar-refractivity contribution is -0.136.